The number of likely N-dealkylation sites (N-methyl/N-ethyl adjacent to an activating group) is 1. The number of amides is 2. The van der Waals surface area contributed by atoms with Crippen LogP contribution in [0.4, 0.5) is 5.69 Å². The molecule has 2 aromatic carbocycles. The van der Waals surface area contributed by atoms with Crippen molar-refractivity contribution in [3.05, 3.63) is 78.1 Å². The number of aromatic nitrogens is 1. The second kappa shape index (κ2) is 10.3. The van der Waals surface area contributed by atoms with Gasteiger partial charge in [-0.05, 0) is 36.4 Å². The summed E-state index contributed by atoms with van der Waals surface area (Å²) in [6.45, 7) is 1.31. The van der Waals surface area contributed by atoms with Crippen molar-refractivity contribution in [2.75, 3.05) is 38.8 Å². The molecule has 0 bridgehead atoms. The third kappa shape index (κ3) is 5.26. The van der Waals surface area contributed by atoms with Crippen LogP contribution in [0.1, 0.15) is 16.1 Å². The molecule has 2 aliphatic heterocycles. The van der Waals surface area contributed by atoms with Crippen LogP contribution in [0.5, 0.6) is 17.2 Å². The van der Waals surface area contributed by atoms with Crippen LogP contribution in [0.25, 0.3) is 0 Å². The zero-order chi connectivity index (χ0) is 25.8. The normalized spacial score (nSPS) is 17.7. The molecular weight excluding hydrogens is 472 g/mol. The number of anilines is 1. The van der Waals surface area contributed by atoms with Crippen LogP contribution in [-0.4, -0.2) is 62.3 Å². The Morgan fingerprint density at radius 1 is 1.16 bits per heavy atom. The predicted octanol–water partition coefficient (Wildman–Crippen LogP) is 2.37. The second-order valence-corrected chi connectivity index (χ2v) is 8.76. The molecule has 3 aromatic rings. The summed E-state index contributed by atoms with van der Waals surface area (Å²) < 4.78 is 17.2. The molecule has 0 aliphatic carbocycles. The van der Waals surface area contributed by atoms with E-state index in [1.54, 1.807) is 32.4 Å². The lowest BCUT2D eigenvalue weighted by atomic mass is 9.97. The van der Waals surface area contributed by atoms with Crippen LogP contribution in [0.15, 0.2) is 66.9 Å². The highest BCUT2D eigenvalue weighted by Gasteiger charge is 2.35. The maximum atomic E-state index is 13.2. The lowest BCUT2D eigenvalue weighted by Crippen LogP contribution is -2.59. The van der Waals surface area contributed by atoms with Gasteiger partial charge in [-0.3, -0.25) is 14.6 Å². The average molecular weight is 499 g/mol. The van der Waals surface area contributed by atoms with Crippen LogP contribution in [0.2, 0.25) is 0 Å². The van der Waals surface area contributed by atoms with Gasteiger partial charge in [-0.15, -0.1) is 0 Å². The van der Waals surface area contributed by atoms with Gasteiger partial charge in [0.15, 0.2) is 5.60 Å². The summed E-state index contributed by atoms with van der Waals surface area (Å²) in [5, 5.41) is 5.90. The van der Waals surface area contributed by atoms with Crippen molar-refractivity contribution in [2.24, 2.45) is 0 Å². The number of hydrogen-bond acceptors (Lipinski definition) is 7. The van der Waals surface area contributed by atoms with Gasteiger partial charge in [0.2, 0.25) is 0 Å². The number of para-hydroxylation sites is 1. The summed E-state index contributed by atoms with van der Waals surface area (Å²) in [6.07, 6.45) is 1.48. The zero-order valence-electron chi connectivity index (χ0n) is 20.5. The number of rotatable bonds is 5. The van der Waals surface area contributed by atoms with Crippen molar-refractivity contribution in [3.63, 3.8) is 0 Å². The van der Waals surface area contributed by atoms with Gasteiger partial charge in [-0.2, -0.15) is 0 Å². The molecule has 9 heteroatoms. The fraction of sp³-hybridized carbons (Fsp3) is 0.250. The molecule has 1 fully saturated rings. The van der Waals surface area contributed by atoms with E-state index in [2.05, 4.69) is 27.5 Å². The molecule has 1 atom stereocenters. The number of hydrogen-bond donors (Lipinski definition) is 2. The van der Waals surface area contributed by atoms with Gasteiger partial charge in [0.05, 0.1) is 5.69 Å². The molecule has 5 rings (SSSR count). The van der Waals surface area contributed by atoms with Crippen LogP contribution in [-0.2, 0) is 9.53 Å². The van der Waals surface area contributed by atoms with Crippen LogP contribution in [0.3, 0.4) is 0 Å². The van der Waals surface area contributed by atoms with E-state index in [4.69, 9.17) is 14.2 Å². The van der Waals surface area contributed by atoms with E-state index < -0.39 is 17.6 Å². The summed E-state index contributed by atoms with van der Waals surface area (Å²) in [4.78, 5) is 31.8. The molecule has 0 unspecified atom stereocenters. The first-order valence-electron chi connectivity index (χ1n) is 11.8. The highest BCUT2D eigenvalue weighted by molar-refractivity contribution is 6.03. The van der Waals surface area contributed by atoms with E-state index in [-0.39, 0.29) is 18.2 Å². The van der Waals surface area contributed by atoms with Gasteiger partial charge in [-0.1, -0.05) is 30.0 Å². The topological polar surface area (TPSA) is 102 Å². The first-order chi connectivity index (χ1) is 18.0. The second-order valence-electron chi connectivity index (χ2n) is 8.76. The Kier molecular flexibility index (Phi) is 6.77. The molecule has 2 N–H and O–H groups in total. The molecule has 0 radical (unpaired) electrons. The Balaban J connectivity index is 1.29. The first kappa shape index (κ1) is 24.3. The van der Waals surface area contributed by atoms with E-state index in [0.29, 0.717) is 36.0 Å². The van der Waals surface area contributed by atoms with Crippen LogP contribution >= 0.6 is 0 Å². The SMILES string of the molecule is COC1(C#Cc2ccc3c(c2)N(C)C(=O)[C@@H](NC(=O)c2cc(Oc4ccccc4)ccn2)CO3)CNC1. The van der Waals surface area contributed by atoms with Gasteiger partial charge in [0, 0.05) is 45.1 Å². The van der Waals surface area contributed by atoms with Crippen LogP contribution in [0, 0.1) is 11.8 Å². The van der Waals surface area contributed by atoms with E-state index in [1.165, 1.54) is 17.2 Å². The summed E-state index contributed by atoms with van der Waals surface area (Å²) in [6, 6.07) is 16.9. The van der Waals surface area contributed by atoms with Crippen molar-refractivity contribution >= 4 is 17.5 Å². The molecule has 1 saturated heterocycles. The molecule has 9 nitrogen and oxygen atoms in total. The Morgan fingerprint density at radius 2 is 1.97 bits per heavy atom. The minimum absolute atomic E-state index is 0.0222. The van der Waals surface area contributed by atoms with E-state index in [0.717, 1.165) is 5.56 Å². The number of fused-ring (bicyclic) bond motifs is 1. The molecule has 0 saturated carbocycles. The molecule has 1 aromatic heterocycles. The Hall–Kier alpha value is -4.39. The maximum Gasteiger partial charge on any atom is 0.270 e. The van der Waals surface area contributed by atoms with E-state index in [9.17, 15) is 9.59 Å². The van der Waals surface area contributed by atoms with Crippen molar-refractivity contribution in [1.29, 1.82) is 0 Å². The lowest BCUT2D eigenvalue weighted by molar-refractivity contribution is -0.120. The van der Waals surface area contributed by atoms with Crippen molar-refractivity contribution in [3.8, 4) is 29.1 Å². The van der Waals surface area contributed by atoms with Crippen molar-refractivity contribution in [2.45, 2.75) is 11.6 Å². The Morgan fingerprint density at radius 3 is 2.70 bits per heavy atom. The molecule has 2 amide bonds. The van der Waals surface area contributed by atoms with Gasteiger partial charge < -0.3 is 29.7 Å². The van der Waals surface area contributed by atoms with Crippen LogP contribution < -0.4 is 25.0 Å². The van der Waals surface area contributed by atoms with Crippen molar-refractivity contribution < 1.29 is 23.8 Å². The largest absolute Gasteiger partial charge is 0.489 e. The number of nitrogens with one attached hydrogen (secondary N) is 2. The van der Waals surface area contributed by atoms with Gasteiger partial charge in [-0.25, -0.2) is 0 Å². The van der Waals surface area contributed by atoms with Gasteiger partial charge in [0.25, 0.3) is 11.8 Å². The van der Waals surface area contributed by atoms with Gasteiger partial charge in [0.1, 0.15) is 35.6 Å². The summed E-state index contributed by atoms with van der Waals surface area (Å²) in [7, 11) is 3.29. The standard InChI is InChI=1S/C28H26N4O5/c1-32-24-14-19(10-12-28(35-2)17-29-18-28)8-9-25(24)36-16-23(27(32)34)31-26(33)22-15-21(11-13-30-22)37-20-6-4-3-5-7-20/h3-9,11,13-15,23,29H,16-18H2,1-2H3,(H,31,33)/t23-/m0/s1. The molecule has 188 valence electrons. The quantitative estimate of drug-likeness (QED) is 0.521. The van der Waals surface area contributed by atoms with E-state index in [1.807, 2.05) is 36.4 Å². The smallest absolute Gasteiger partial charge is 0.270 e. The number of carbonyl (C=O) groups excluding carboxylic acids is 2. The number of benzene rings is 2. The number of pyridine rings is 1. The summed E-state index contributed by atoms with van der Waals surface area (Å²) >= 11 is 0. The fourth-order valence-electron chi connectivity index (χ4n) is 3.96. The molecule has 0 spiro atoms. The number of carbonyl (C=O) groups is 2. The molecule has 37 heavy (non-hydrogen) atoms. The first-order valence-corrected chi connectivity index (χ1v) is 11.8. The highest BCUT2D eigenvalue weighted by Crippen LogP contribution is 2.32. The number of ether oxygens (including phenoxy) is 3. The van der Waals surface area contributed by atoms with Crippen molar-refractivity contribution in [1.82, 2.24) is 15.6 Å². The highest BCUT2D eigenvalue weighted by atomic mass is 16.5. The Bertz CT molecular complexity index is 1370. The number of nitrogens with zero attached hydrogens (tertiary/aromatic N) is 2. The fourth-order valence-corrected chi connectivity index (χ4v) is 3.96. The zero-order valence-corrected chi connectivity index (χ0v) is 20.5. The average Bonchev–Trinajstić information content (AvgIpc) is 3.01. The third-order valence-corrected chi connectivity index (χ3v) is 6.25. The molecular formula is C28H26N4O5. The summed E-state index contributed by atoms with van der Waals surface area (Å²) in [5.74, 6) is 7.10. The third-order valence-electron chi connectivity index (χ3n) is 6.25. The summed E-state index contributed by atoms with van der Waals surface area (Å²) in [5.41, 5.74) is 0.939. The minimum Gasteiger partial charge on any atom is -0.489 e. The monoisotopic (exact) mass is 498 g/mol. The predicted molar refractivity (Wildman–Crippen MR) is 137 cm³/mol. The van der Waals surface area contributed by atoms with Gasteiger partial charge >= 0.3 is 0 Å². The number of methoxy groups -OCH3 is 1. The minimum atomic E-state index is -0.905. The lowest BCUT2D eigenvalue weighted by Gasteiger charge is -2.36. The molecule has 3 heterocycles. The maximum absolute atomic E-state index is 13.2. The van der Waals surface area contributed by atoms with E-state index >= 15 is 0 Å². The molecule has 2 aliphatic rings. The Labute approximate surface area is 214 Å².